The Kier molecular flexibility index (Phi) is 4.67. The predicted octanol–water partition coefficient (Wildman–Crippen LogP) is 1.91. The molecule has 0 aromatic heterocycles. The highest BCUT2D eigenvalue weighted by atomic mass is 19.1. The van der Waals surface area contributed by atoms with Crippen molar-refractivity contribution < 1.29 is 19.0 Å². The predicted molar refractivity (Wildman–Crippen MR) is 66.0 cm³/mol. The number of rotatable bonds is 4. The van der Waals surface area contributed by atoms with Gasteiger partial charge in [0.1, 0.15) is 5.75 Å². The number of halogens is 1. The Labute approximate surface area is 106 Å². The van der Waals surface area contributed by atoms with Gasteiger partial charge in [0.05, 0.1) is 12.6 Å². The maximum Gasteiger partial charge on any atom is 0.342 e. The minimum absolute atomic E-state index is 0.111. The maximum absolute atomic E-state index is 13.8. The Morgan fingerprint density at radius 2 is 1.94 bits per heavy atom. The molecule has 0 radical (unpaired) electrons. The average Bonchev–Trinajstić information content (AvgIpc) is 2.33. The molecule has 4 nitrogen and oxygen atoms in total. The first-order valence-electron chi connectivity index (χ1n) is 5.74. The summed E-state index contributed by atoms with van der Waals surface area (Å²) >= 11 is 0. The van der Waals surface area contributed by atoms with Crippen LogP contribution in [0.4, 0.5) is 4.39 Å². The van der Waals surface area contributed by atoms with E-state index >= 15 is 0 Å². The fraction of sp³-hybridized carbons (Fsp3) is 0.462. The zero-order valence-electron chi connectivity index (χ0n) is 10.7. The molecular formula is C13H18FNO3. The van der Waals surface area contributed by atoms with Gasteiger partial charge in [0.2, 0.25) is 6.17 Å². The number of alkyl halides is 1. The lowest BCUT2D eigenvalue weighted by molar-refractivity contribution is -0.149. The Bertz CT molecular complexity index is 425. The van der Waals surface area contributed by atoms with Crippen molar-refractivity contribution in [3.05, 3.63) is 28.8 Å². The summed E-state index contributed by atoms with van der Waals surface area (Å²) in [7, 11) is 0. The molecule has 0 fully saturated rings. The van der Waals surface area contributed by atoms with Gasteiger partial charge in [-0.1, -0.05) is 12.1 Å². The first kappa shape index (κ1) is 14.4. The second-order valence-electron chi connectivity index (χ2n) is 4.18. The van der Waals surface area contributed by atoms with Crippen LogP contribution >= 0.6 is 0 Å². The van der Waals surface area contributed by atoms with Crippen molar-refractivity contribution in [2.45, 2.75) is 33.0 Å². The number of aromatic hydroxyl groups is 1. The molecular weight excluding hydrogens is 237 g/mol. The fourth-order valence-electron chi connectivity index (χ4n) is 1.72. The highest BCUT2D eigenvalue weighted by molar-refractivity contribution is 5.75. The van der Waals surface area contributed by atoms with Gasteiger partial charge in [-0.25, -0.2) is 9.18 Å². The van der Waals surface area contributed by atoms with Crippen molar-refractivity contribution in [2.24, 2.45) is 5.73 Å². The average molecular weight is 255 g/mol. The first-order valence-corrected chi connectivity index (χ1v) is 5.74. The van der Waals surface area contributed by atoms with Gasteiger partial charge in [-0.15, -0.1) is 0 Å². The number of ether oxygens (including phenoxy) is 1. The van der Waals surface area contributed by atoms with Crippen LogP contribution in [0.3, 0.4) is 0 Å². The lowest BCUT2D eigenvalue weighted by Crippen LogP contribution is -2.31. The van der Waals surface area contributed by atoms with E-state index in [2.05, 4.69) is 4.74 Å². The molecule has 3 N–H and O–H groups in total. The van der Waals surface area contributed by atoms with E-state index in [4.69, 9.17) is 5.73 Å². The molecule has 0 heterocycles. The maximum atomic E-state index is 13.8. The molecule has 1 aromatic carbocycles. The van der Waals surface area contributed by atoms with E-state index in [1.807, 2.05) is 0 Å². The Morgan fingerprint density at radius 1 is 1.44 bits per heavy atom. The van der Waals surface area contributed by atoms with Gasteiger partial charge in [0.25, 0.3) is 0 Å². The van der Waals surface area contributed by atoms with Gasteiger partial charge < -0.3 is 15.6 Å². The van der Waals surface area contributed by atoms with Gasteiger partial charge in [0, 0.05) is 0 Å². The monoisotopic (exact) mass is 255 g/mol. The van der Waals surface area contributed by atoms with Crippen LogP contribution in [0.1, 0.15) is 29.7 Å². The summed E-state index contributed by atoms with van der Waals surface area (Å²) in [6.07, 6.45) is -1.91. The van der Waals surface area contributed by atoms with E-state index in [1.54, 1.807) is 32.9 Å². The first-order chi connectivity index (χ1) is 8.38. The van der Waals surface area contributed by atoms with E-state index in [9.17, 15) is 14.3 Å². The molecule has 2 atom stereocenters. The molecule has 0 aliphatic carbocycles. The number of nitrogens with two attached hydrogens (primary N) is 1. The number of esters is 1. The van der Waals surface area contributed by atoms with Gasteiger partial charge in [0.15, 0.2) is 0 Å². The molecule has 0 saturated carbocycles. The molecule has 5 heteroatoms. The molecule has 0 aliphatic rings. The normalized spacial score (nSPS) is 14.1. The van der Waals surface area contributed by atoms with Crippen molar-refractivity contribution in [2.75, 3.05) is 6.61 Å². The van der Waals surface area contributed by atoms with Gasteiger partial charge in [-0.3, -0.25) is 0 Å². The molecule has 0 bridgehead atoms. The topological polar surface area (TPSA) is 72.5 Å². The molecule has 100 valence electrons. The molecule has 0 amide bonds. The minimum atomic E-state index is -1.91. The zero-order valence-corrected chi connectivity index (χ0v) is 10.7. The summed E-state index contributed by atoms with van der Waals surface area (Å²) in [6.45, 7) is 5.09. The Balaban J connectivity index is 2.97. The number of carbonyl (C=O) groups is 1. The second-order valence-corrected chi connectivity index (χ2v) is 4.18. The molecule has 1 rings (SSSR count). The van der Waals surface area contributed by atoms with Crippen molar-refractivity contribution in [3.8, 4) is 5.75 Å². The quantitative estimate of drug-likeness (QED) is 0.806. The summed E-state index contributed by atoms with van der Waals surface area (Å²) in [5, 5.41) is 9.62. The van der Waals surface area contributed by atoms with E-state index in [0.717, 1.165) is 0 Å². The van der Waals surface area contributed by atoms with Crippen molar-refractivity contribution in [1.29, 1.82) is 0 Å². The molecule has 0 saturated heterocycles. The number of aryl methyl sites for hydroxylation is 2. The van der Waals surface area contributed by atoms with E-state index in [0.29, 0.717) is 16.7 Å². The van der Waals surface area contributed by atoms with Gasteiger partial charge in [-0.05, 0) is 37.5 Å². The van der Waals surface area contributed by atoms with Crippen molar-refractivity contribution in [3.63, 3.8) is 0 Å². The smallest absolute Gasteiger partial charge is 0.342 e. The highest BCUT2D eigenvalue weighted by Gasteiger charge is 2.28. The fourth-order valence-corrected chi connectivity index (χ4v) is 1.72. The number of benzene rings is 1. The number of phenolic OH excluding ortho intramolecular Hbond substituents is 1. The molecule has 18 heavy (non-hydrogen) atoms. The van der Waals surface area contributed by atoms with Crippen LogP contribution in [0.5, 0.6) is 5.75 Å². The number of hydrogen-bond donors (Lipinski definition) is 2. The van der Waals surface area contributed by atoms with Crippen molar-refractivity contribution >= 4 is 5.97 Å². The SMILES string of the molecule is CCOC(=O)C(F)[C@H](N)c1cc(C)c(O)c(C)c1. The largest absolute Gasteiger partial charge is 0.507 e. The van der Waals surface area contributed by atoms with E-state index < -0.39 is 18.2 Å². The lowest BCUT2D eigenvalue weighted by atomic mass is 9.98. The summed E-state index contributed by atoms with van der Waals surface area (Å²) in [4.78, 5) is 11.3. The van der Waals surface area contributed by atoms with Gasteiger partial charge in [-0.2, -0.15) is 0 Å². The molecule has 1 unspecified atom stereocenters. The van der Waals surface area contributed by atoms with Crippen LogP contribution in [-0.2, 0) is 9.53 Å². The second kappa shape index (κ2) is 5.82. The van der Waals surface area contributed by atoms with E-state index in [1.165, 1.54) is 0 Å². The standard InChI is InChI=1S/C13H18FNO3/c1-4-18-13(17)10(14)11(15)9-5-7(2)12(16)8(3)6-9/h5-6,10-11,16H,4,15H2,1-3H3/t10?,11-/m1/s1. The van der Waals surface area contributed by atoms with E-state index in [-0.39, 0.29) is 12.4 Å². The van der Waals surface area contributed by atoms with Gasteiger partial charge >= 0.3 is 5.97 Å². The van der Waals surface area contributed by atoms with Crippen LogP contribution in [0.2, 0.25) is 0 Å². The number of carbonyl (C=O) groups excluding carboxylic acids is 1. The number of hydrogen-bond acceptors (Lipinski definition) is 4. The van der Waals surface area contributed by atoms with Crippen molar-refractivity contribution in [1.82, 2.24) is 0 Å². The lowest BCUT2D eigenvalue weighted by Gasteiger charge is -2.17. The zero-order chi connectivity index (χ0) is 13.9. The third kappa shape index (κ3) is 2.98. The Hall–Kier alpha value is -1.62. The third-order valence-electron chi connectivity index (χ3n) is 2.73. The summed E-state index contributed by atoms with van der Waals surface area (Å²) in [5.41, 5.74) is 7.35. The third-order valence-corrected chi connectivity index (χ3v) is 2.73. The molecule has 1 aromatic rings. The minimum Gasteiger partial charge on any atom is -0.507 e. The van der Waals surface area contributed by atoms with Crippen LogP contribution in [0, 0.1) is 13.8 Å². The highest BCUT2D eigenvalue weighted by Crippen LogP contribution is 2.27. The van der Waals surface area contributed by atoms with Crippen LogP contribution in [-0.4, -0.2) is 23.9 Å². The van der Waals surface area contributed by atoms with Crippen LogP contribution in [0.15, 0.2) is 12.1 Å². The number of phenols is 1. The Morgan fingerprint density at radius 3 is 2.39 bits per heavy atom. The summed E-state index contributed by atoms with van der Waals surface area (Å²) in [6, 6.07) is 2.04. The van der Waals surface area contributed by atoms with Crippen LogP contribution in [0.25, 0.3) is 0 Å². The molecule has 0 spiro atoms. The molecule has 0 aliphatic heterocycles. The summed E-state index contributed by atoms with van der Waals surface area (Å²) < 4.78 is 18.4. The summed E-state index contributed by atoms with van der Waals surface area (Å²) in [5.74, 6) is -0.814. The van der Waals surface area contributed by atoms with Crippen LogP contribution < -0.4 is 5.73 Å².